The Morgan fingerprint density at radius 2 is 1.23 bits per heavy atom. The number of allylic oxidation sites excluding steroid dienone is 12. The lowest BCUT2D eigenvalue weighted by Crippen LogP contribution is -2.57. The normalized spacial score (nSPS) is 42.0. The molecule has 0 amide bonds. The third-order valence-electron chi connectivity index (χ3n) is 10.4. The minimum atomic E-state index is -1.63. The number of carbonyl (C=O) groups is 2. The maximum atomic E-state index is 12.7. The van der Waals surface area contributed by atoms with Crippen LogP contribution in [-0.2, 0) is 28.5 Å². The Morgan fingerprint density at radius 3 is 1.79 bits per heavy atom. The van der Waals surface area contributed by atoms with E-state index in [0.717, 1.165) is 0 Å². The Morgan fingerprint density at radius 1 is 0.667 bits per heavy atom. The van der Waals surface area contributed by atoms with Gasteiger partial charge in [-0.2, -0.15) is 0 Å². The fourth-order valence-corrected chi connectivity index (χ4v) is 6.84. The first-order valence-electron chi connectivity index (χ1n) is 19.7. The van der Waals surface area contributed by atoms with Crippen molar-refractivity contribution in [3.05, 3.63) is 85.1 Å². The van der Waals surface area contributed by atoms with E-state index in [-0.39, 0.29) is 50.9 Å². The molecule has 57 heavy (non-hydrogen) atoms. The molecule has 0 aromatic heterocycles. The number of fused-ring (bicyclic) bond motifs is 2. The van der Waals surface area contributed by atoms with Crippen molar-refractivity contribution < 1.29 is 69.4 Å². The van der Waals surface area contributed by atoms with E-state index >= 15 is 0 Å². The summed E-state index contributed by atoms with van der Waals surface area (Å²) in [5.41, 5.74) is 0. The monoisotopic (exact) mass is 806 g/mol. The number of carbonyl (C=O) groups excluding carboxylic acids is 2. The topological polar surface area (TPSA) is 233 Å². The summed E-state index contributed by atoms with van der Waals surface area (Å²) in [5, 5.41) is 86.0. The van der Waals surface area contributed by atoms with Crippen LogP contribution in [0.4, 0.5) is 0 Å². The first-order valence-corrected chi connectivity index (χ1v) is 19.7. The number of rotatable bonds is 2. The number of ether oxygens (including phenoxy) is 4. The molecule has 14 atom stereocenters. The minimum Gasteiger partial charge on any atom is -0.469 e. The van der Waals surface area contributed by atoms with E-state index < -0.39 is 97.0 Å². The van der Waals surface area contributed by atoms with Crippen LogP contribution in [0.1, 0.15) is 72.1 Å². The van der Waals surface area contributed by atoms with Crippen LogP contribution >= 0.6 is 0 Å². The number of cyclic esters (lactones) is 1. The minimum absolute atomic E-state index is 0.0365. The average molecular weight is 807 g/mol. The molecule has 0 aromatic carbocycles. The molecular formula is C43H66O14. The van der Waals surface area contributed by atoms with Gasteiger partial charge in [0, 0.05) is 44.6 Å². The Hall–Kier alpha value is -3.28. The highest BCUT2D eigenvalue weighted by Crippen LogP contribution is 2.39. The van der Waals surface area contributed by atoms with Crippen molar-refractivity contribution in [3.8, 4) is 0 Å². The van der Waals surface area contributed by atoms with Gasteiger partial charge in [-0.3, -0.25) is 9.59 Å². The lowest BCUT2D eigenvalue weighted by atomic mass is 9.82. The molecule has 0 spiro atoms. The molecule has 2 heterocycles. The van der Waals surface area contributed by atoms with Crippen molar-refractivity contribution in [2.45, 2.75) is 139 Å². The SMILES string of the molecule is COC(=O)[C@H]1[C@@H]2C[C@@H](O)/C=C/C=C/C=C/C=C/C=C/C=C/C=C/[C@H](C)[C@@H](O)[C@@H](C)[C@H](C)OC(=O)C[C@H](O)C[C@H](O)CC[C@@H](O)[C@H](O)C[C@H](O)C[C@](OC)(C[C@@H]1O)O2. The molecular weight excluding hydrogens is 740 g/mol. The van der Waals surface area contributed by atoms with Gasteiger partial charge >= 0.3 is 11.9 Å². The van der Waals surface area contributed by atoms with Crippen molar-refractivity contribution in [2.75, 3.05) is 14.2 Å². The molecule has 2 rings (SSSR count). The number of aliphatic hydroxyl groups is 8. The molecule has 0 aliphatic carbocycles. The van der Waals surface area contributed by atoms with Gasteiger partial charge in [-0.05, 0) is 26.2 Å². The molecule has 2 bridgehead atoms. The van der Waals surface area contributed by atoms with E-state index in [2.05, 4.69) is 0 Å². The van der Waals surface area contributed by atoms with Crippen molar-refractivity contribution in [3.63, 3.8) is 0 Å². The van der Waals surface area contributed by atoms with Crippen LogP contribution in [0.5, 0.6) is 0 Å². The fraction of sp³-hybridized carbons (Fsp3) is 0.628. The summed E-state index contributed by atoms with van der Waals surface area (Å²) >= 11 is 0. The molecule has 2 aliphatic heterocycles. The summed E-state index contributed by atoms with van der Waals surface area (Å²) in [6, 6.07) is 0. The average Bonchev–Trinajstić information content (AvgIpc) is 3.15. The van der Waals surface area contributed by atoms with Gasteiger partial charge in [0.05, 0.1) is 68.5 Å². The van der Waals surface area contributed by atoms with E-state index in [1.165, 1.54) is 20.3 Å². The molecule has 0 saturated carbocycles. The number of hydrogen-bond donors (Lipinski definition) is 8. The highest BCUT2D eigenvalue weighted by Gasteiger charge is 2.51. The zero-order chi connectivity index (χ0) is 42.5. The van der Waals surface area contributed by atoms with Crippen molar-refractivity contribution in [2.24, 2.45) is 17.8 Å². The molecule has 0 aromatic rings. The highest BCUT2D eigenvalue weighted by molar-refractivity contribution is 5.74. The molecule has 8 N–H and O–H groups in total. The van der Waals surface area contributed by atoms with Crippen LogP contribution in [0.3, 0.4) is 0 Å². The Bertz CT molecular complexity index is 1400. The summed E-state index contributed by atoms with van der Waals surface area (Å²) in [6.45, 7) is 5.27. The second kappa shape index (κ2) is 25.9. The van der Waals surface area contributed by atoms with Gasteiger partial charge in [0.2, 0.25) is 0 Å². The van der Waals surface area contributed by atoms with E-state index in [1.807, 2.05) is 61.6 Å². The first-order chi connectivity index (χ1) is 27.0. The Labute approximate surface area is 336 Å². The summed E-state index contributed by atoms with van der Waals surface area (Å²) in [4.78, 5) is 25.3. The number of aliphatic hydroxyl groups excluding tert-OH is 8. The predicted molar refractivity (Wildman–Crippen MR) is 213 cm³/mol. The molecule has 1 fully saturated rings. The van der Waals surface area contributed by atoms with Crippen molar-refractivity contribution >= 4 is 11.9 Å². The summed E-state index contributed by atoms with van der Waals surface area (Å²) in [6.07, 6.45) is 11.6. The van der Waals surface area contributed by atoms with Gasteiger partial charge in [-0.1, -0.05) is 98.9 Å². The van der Waals surface area contributed by atoms with Gasteiger partial charge in [0.15, 0.2) is 5.79 Å². The third-order valence-corrected chi connectivity index (χ3v) is 10.4. The predicted octanol–water partition coefficient (Wildman–Crippen LogP) is 2.64. The molecule has 0 radical (unpaired) electrons. The van der Waals surface area contributed by atoms with Crippen LogP contribution in [0.15, 0.2) is 85.1 Å². The maximum Gasteiger partial charge on any atom is 0.313 e. The van der Waals surface area contributed by atoms with Gasteiger partial charge in [-0.15, -0.1) is 0 Å². The van der Waals surface area contributed by atoms with Crippen LogP contribution in [0.25, 0.3) is 0 Å². The van der Waals surface area contributed by atoms with Gasteiger partial charge in [0.25, 0.3) is 0 Å². The molecule has 1 saturated heterocycles. The largest absolute Gasteiger partial charge is 0.469 e. The van der Waals surface area contributed by atoms with Gasteiger partial charge in [0.1, 0.15) is 12.0 Å². The maximum absolute atomic E-state index is 12.7. The Balaban J connectivity index is 2.24. The van der Waals surface area contributed by atoms with Crippen LogP contribution in [0, 0.1) is 17.8 Å². The second-order valence-corrected chi connectivity index (χ2v) is 15.0. The zero-order valence-electron chi connectivity index (χ0n) is 33.8. The van der Waals surface area contributed by atoms with Crippen LogP contribution in [0.2, 0.25) is 0 Å². The summed E-state index contributed by atoms with van der Waals surface area (Å²) in [7, 11) is 2.47. The molecule has 2 aliphatic rings. The molecule has 14 heteroatoms. The van der Waals surface area contributed by atoms with E-state index in [9.17, 15) is 50.4 Å². The standard InChI is InChI=1S/C43H66O14/c1-28-18-16-14-12-10-8-6-7-9-11-13-15-17-19-31(44)24-38-40(42(53)54-4)37(50)27-43(55-5,57-38)26-34(47)23-36(49)35(48)21-20-32(45)22-33(46)25-39(51)56-30(3)29(2)41(28)52/h6-19,28-38,40-41,44-50,52H,20-27H2,1-5H3/b7-6+,10-8+,11-9+,14-12+,15-13+,18-16+,19-17+/t28-,29-,30-,31-,32+,33+,34-,35+,36+,37-,38-,40+,41+,43+/m0/s1. The third kappa shape index (κ3) is 18.0. The van der Waals surface area contributed by atoms with Crippen molar-refractivity contribution in [1.29, 1.82) is 0 Å². The van der Waals surface area contributed by atoms with E-state index in [1.54, 1.807) is 38.2 Å². The molecule has 0 unspecified atom stereocenters. The summed E-state index contributed by atoms with van der Waals surface area (Å²) < 4.78 is 22.2. The lowest BCUT2D eigenvalue weighted by Gasteiger charge is -2.46. The van der Waals surface area contributed by atoms with Gasteiger partial charge < -0.3 is 59.8 Å². The quantitative estimate of drug-likeness (QED) is 0.188. The lowest BCUT2D eigenvalue weighted by molar-refractivity contribution is -0.311. The number of methoxy groups -OCH3 is 2. The van der Waals surface area contributed by atoms with Gasteiger partial charge in [-0.25, -0.2) is 0 Å². The molecule has 322 valence electrons. The highest BCUT2D eigenvalue weighted by atomic mass is 16.7. The van der Waals surface area contributed by atoms with E-state index in [0.29, 0.717) is 0 Å². The van der Waals surface area contributed by atoms with Crippen molar-refractivity contribution in [1.82, 2.24) is 0 Å². The fourth-order valence-electron chi connectivity index (χ4n) is 6.84. The first kappa shape index (κ1) is 49.9. The molecule has 14 nitrogen and oxygen atoms in total. The van der Waals surface area contributed by atoms with Crippen LogP contribution < -0.4 is 0 Å². The Kier molecular flexibility index (Phi) is 22.7. The summed E-state index contributed by atoms with van der Waals surface area (Å²) in [5.74, 6) is -4.90. The van der Waals surface area contributed by atoms with E-state index in [4.69, 9.17) is 18.9 Å². The number of esters is 2. The smallest absolute Gasteiger partial charge is 0.313 e. The number of hydrogen-bond acceptors (Lipinski definition) is 14. The zero-order valence-corrected chi connectivity index (χ0v) is 33.8. The second-order valence-electron chi connectivity index (χ2n) is 15.0. The van der Waals surface area contributed by atoms with Crippen LogP contribution in [-0.4, -0.2) is 134 Å².